The number of nitriles is 1. The molecule has 0 atom stereocenters. The first-order valence-corrected chi connectivity index (χ1v) is 3.94. The predicted octanol–water partition coefficient (Wildman–Crippen LogP) is 1.93. The van der Waals surface area contributed by atoms with E-state index in [1.807, 2.05) is 0 Å². The van der Waals surface area contributed by atoms with Crippen LogP contribution < -0.4 is 4.74 Å². The summed E-state index contributed by atoms with van der Waals surface area (Å²) in [6, 6.07) is 4.38. The summed E-state index contributed by atoms with van der Waals surface area (Å²) >= 11 is 0. The molecule has 3 nitrogen and oxygen atoms in total. The van der Waals surface area contributed by atoms with Crippen LogP contribution in [0.5, 0.6) is 5.75 Å². The maximum atomic E-state index is 13.3. The Kier molecular flexibility index (Phi) is 2.82. The van der Waals surface area contributed by atoms with Gasteiger partial charge in [-0.25, -0.2) is 4.39 Å². The van der Waals surface area contributed by atoms with Crippen molar-refractivity contribution in [2.45, 2.75) is 13.8 Å². The summed E-state index contributed by atoms with van der Waals surface area (Å²) in [4.78, 5) is 10.6. The Balaban J connectivity index is 3.18. The van der Waals surface area contributed by atoms with Gasteiger partial charge in [0.05, 0.1) is 5.56 Å². The van der Waals surface area contributed by atoms with E-state index in [2.05, 4.69) is 0 Å². The maximum absolute atomic E-state index is 13.3. The van der Waals surface area contributed by atoms with E-state index < -0.39 is 11.8 Å². The van der Waals surface area contributed by atoms with Crippen LogP contribution in [0.25, 0.3) is 0 Å². The fraction of sp³-hybridized carbons (Fsp3) is 0.200. The third-order valence-corrected chi connectivity index (χ3v) is 1.71. The third-order valence-electron chi connectivity index (χ3n) is 1.71. The molecule has 72 valence electrons. The minimum Gasteiger partial charge on any atom is -0.426 e. The number of rotatable bonds is 1. The fourth-order valence-corrected chi connectivity index (χ4v) is 1.02. The van der Waals surface area contributed by atoms with E-state index in [1.165, 1.54) is 26.0 Å². The number of hydrogen-bond acceptors (Lipinski definition) is 3. The van der Waals surface area contributed by atoms with Crippen molar-refractivity contribution >= 4 is 5.97 Å². The molecule has 0 spiro atoms. The van der Waals surface area contributed by atoms with Crippen LogP contribution in [-0.2, 0) is 4.79 Å². The molecule has 14 heavy (non-hydrogen) atoms. The van der Waals surface area contributed by atoms with Gasteiger partial charge in [0.25, 0.3) is 0 Å². The molecule has 0 radical (unpaired) electrons. The van der Waals surface area contributed by atoms with Gasteiger partial charge in [0.15, 0.2) is 0 Å². The van der Waals surface area contributed by atoms with Gasteiger partial charge in [-0.15, -0.1) is 0 Å². The molecule has 0 fully saturated rings. The third kappa shape index (κ3) is 1.88. The summed E-state index contributed by atoms with van der Waals surface area (Å²) < 4.78 is 18.0. The van der Waals surface area contributed by atoms with Gasteiger partial charge in [-0.2, -0.15) is 5.26 Å². The van der Waals surface area contributed by atoms with Crippen molar-refractivity contribution in [1.82, 2.24) is 0 Å². The molecule has 4 heteroatoms. The van der Waals surface area contributed by atoms with Gasteiger partial charge in [0.2, 0.25) is 0 Å². The number of benzene rings is 1. The Morgan fingerprint density at radius 2 is 2.21 bits per heavy atom. The highest BCUT2D eigenvalue weighted by atomic mass is 19.1. The zero-order chi connectivity index (χ0) is 10.7. The summed E-state index contributed by atoms with van der Waals surface area (Å²) in [5.41, 5.74) is 0.109. The van der Waals surface area contributed by atoms with E-state index in [9.17, 15) is 9.18 Å². The summed E-state index contributed by atoms with van der Waals surface area (Å²) in [6.45, 7) is 2.68. The van der Waals surface area contributed by atoms with Gasteiger partial charge in [-0.05, 0) is 19.1 Å². The van der Waals surface area contributed by atoms with Crippen molar-refractivity contribution in [2.24, 2.45) is 0 Å². The van der Waals surface area contributed by atoms with Gasteiger partial charge in [-0.1, -0.05) is 0 Å². The molecule has 0 unspecified atom stereocenters. The highest BCUT2D eigenvalue weighted by Gasteiger charge is 2.11. The molecular formula is C10H8FNO2. The normalized spacial score (nSPS) is 9.29. The van der Waals surface area contributed by atoms with E-state index in [0.29, 0.717) is 0 Å². The van der Waals surface area contributed by atoms with Crippen LogP contribution in [0.15, 0.2) is 12.1 Å². The second-order valence-electron chi connectivity index (χ2n) is 2.76. The lowest BCUT2D eigenvalue weighted by atomic mass is 10.1. The van der Waals surface area contributed by atoms with Crippen LogP contribution in [0, 0.1) is 24.1 Å². The summed E-state index contributed by atoms with van der Waals surface area (Å²) in [5.74, 6) is -1.02. The molecular weight excluding hydrogens is 185 g/mol. The van der Waals surface area contributed by atoms with E-state index in [1.54, 1.807) is 6.07 Å². The molecule has 0 bridgehead atoms. The number of hydrogen-bond donors (Lipinski definition) is 0. The number of halogens is 1. The lowest BCUT2D eigenvalue weighted by Gasteiger charge is -2.06. The Labute approximate surface area is 80.7 Å². The zero-order valence-corrected chi connectivity index (χ0v) is 7.80. The quantitative estimate of drug-likeness (QED) is 0.505. The van der Waals surface area contributed by atoms with Crippen LogP contribution in [0.4, 0.5) is 4.39 Å². The van der Waals surface area contributed by atoms with Crippen molar-refractivity contribution in [3.05, 3.63) is 29.1 Å². The zero-order valence-electron chi connectivity index (χ0n) is 7.80. The van der Waals surface area contributed by atoms with Gasteiger partial charge >= 0.3 is 5.97 Å². The van der Waals surface area contributed by atoms with Crippen LogP contribution in [0.3, 0.4) is 0 Å². The topological polar surface area (TPSA) is 50.1 Å². The van der Waals surface area contributed by atoms with Gasteiger partial charge in [0, 0.05) is 12.5 Å². The maximum Gasteiger partial charge on any atom is 0.308 e. The molecule has 1 aromatic rings. The first kappa shape index (κ1) is 10.2. The lowest BCUT2D eigenvalue weighted by Crippen LogP contribution is -2.04. The summed E-state index contributed by atoms with van der Waals surface area (Å²) in [5, 5.41) is 8.52. The Morgan fingerprint density at radius 3 is 2.71 bits per heavy atom. The highest BCUT2D eigenvalue weighted by Crippen LogP contribution is 2.23. The molecule has 0 aliphatic carbocycles. The largest absolute Gasteiger partial charge is 0.426 e. The number of esters is 1. The first-order valence-electron chi connectivity index (χ1n) is 3.94. The van der Waals surface area contributed by atoms with Gasteiger partial charge in [-0.3, -0.25) is 4.79 Å². The van der Waals surface area contributed by atoms with Crippen LogP contribution >= 0.6 is 0 Å². The van der Waals surface area contributed by atoms with Crippen LogP contribution in [-0.4, -0.2) is 5.97 Å². The number of ether oxygens (including phenoxy) is 1. The molecule has 0 aliphatic rings. The molecule has 0 aromatic heterocycles. The van der Waals surface area contributed by atoms with Crippen molar-refractivity contribution in [3.8, 4) is 11.8 Å². The highest BCUT2D eigenvalue weighted by molar-refractivity contribution is 5.70. The molecule has 0 heterocycles. The van der Waals surface area contributed by atoms with E-state index in [4.69, 9.17) is 10.00 Å². The second-order valence-corrected chi connectivity index (χ2v) is 2.76. The van der Waals surface area contributed by atoms with Crippen molar-refractivity contribution in [1.29, 1.82) is 5.26 Å². The molecule has 0 saturated carbocycles. The number of carbonyl (C=O) groups is 1. The van der Waals surface area contributed by atoms with E-state index >= 15 is 0 Å². The molecule has 1 rings (SSSR count). The smallest absolute Gasteiger partial charge is 0.308 e. The second kappa shape index (κ2) is 3.88. The summed E-state index contributed by atoms with van der Waals surface area (Å²) in [7, 11) is 0. The monoisotopic (exact) mass is 193 g/mol. The average molecular weight is 193 g/mol. The number of carbonyl (C=O) groups excluding carboxylic acids is 1. The minimum atomic E-state index is -0.647. The summed E-state index contributed by atoms with van der Waals surface area (Å²) in [6.07, 6.45) is 0. The van der Waals surface area contributed by atoms with Crippen molar-refractivity contribution in [3.63, 3.8) is 0 Å². The van der Waals surface area contributed by atoms with E-state index in [-0.39, 0.29) is 16.9 Å². The molecule has 1 aromatic carbocycles. The van der Waals surface area contributed by atoms with E-state index in [0.717, 1.165) is 0 Å². The van der Waals surface area contributed by atoms with Crippen molar-refractivity contribution < 1.29 is 13.9 Å². The lowest BCUT2D eigenvalue weighted by molar-refractivity contribution is -0.131. The number of nitrogens with zero attached hydrogens (tertiary/aromatic N) is 1. The Morgan fingerprint density at radius 1 is 1.57 bits per heavy atom. The Hall–Kier alpha value is -1.89. The molecule has 0 aliphatic heterocycles. The van der Waals surface area contributed by atoms with Gasteiger partial charge < -0.3 is 4.74 Å². The molecule has 0 saturated heterocycles. The van der Waals surface area contributed by atoms with Crippen LogP contribution in [0.2, 0.25) is 0 Å². The average Bonchev–Trinajstić information content (AvgIpc) is 2.13. The Bertz CT molecular complexity index is 421. The van der Waals surface area contributed by atoms with Gasteiger partial charge in [0.1, 0.15) is 17.6 Å². The predicted molar refractivity (Wildman–Crippen MR) is 47.2 cm³/mol. The first-order chi connectivity index (χ1) is 6.56. The molecule has 0 amide bonds. The van der Waals surface area contributed by atoms with Crippen LogP contribution in [0.1, 0.15) is 18.1 Å². The standard InChI is InChI=1S/C10H8FNO2/c1-6-9(14-7(2)13)4-3-8(5-12)10(6)11/h3-4H,1-2H3. The molecule has 0 N–H and O–H groups in total. The fourth-order valence-electron chi connectivity index (χ4n) is 1.02. The van der Waals surface area contributed by atoms with Crippen molar-refractivity contribution in [2.75, 3.05) is 0 Å². The SMILES string of the molecule is CC(=O)Oc1ccc(C#N)c(F)c1C. The minimum absolute atomic E-state index is 0.0570.